The van der Waals surface area contributed by atoms with Crippen molar-refractivity contribution in [1.82, 2.24) is 4.98 Å². The van der Waals surface area contributed by atoms with Gasteiger partial charge in [0.15, 0.2) is 0 Å². The zero-order valence-electron chi connectivity index (χ0n) is 9.23. The molecule has 0 unspecified atom stereocenters. The quantitative estimate of drug-likeness (QED) is 0.844. The van der Waals surface area contributed by atoms with Crippen LogP contribution in [0, 0.1) is 0 Å². The average Bonchev–Trinajstić information content (AvgIpc) is 2.32. The molecule has 0 aliphatic rings. The van der Waals surface area contributed by atoms with Gasteiger partial charge in [-0.1, -0.05) is 34.8 Å². The highest BCUT2D eigenvalue weighted by Gasteiger charge is 2.10. The first-order chi connectivity index (χ1) is 8.95. The number of halogens is 3. The molecule has 0 saturated carbocycles. The van der Waals surface area contributed by atoms with Crippen LogP contribution in [0.1, 0.15) is 10.4 Å². The number of rotatable bonds is 3. The van der Waals surface area contributed by atoms with E-state index in [4.69, 9.17) is 44.6 Å². The summed E-state index contributed by atoms with van der Waals surface area (Å²) in [5.74, 6) is -0.789. The smallest absolute Gasteiger partial charge is 0.335 e. The summed E-state index contributed by atoms with van der Waals surface area (Å²) in [5, 5.41) is 9.66. The standard InChI is InChI=1S/C12H6Cl3NO3/c13-7-1-2-9(8(14)5-7)19-11-4-6(12(17)18)3-10(15)16-11/h1-5H,(H,17,18). The number of benzene rings is 1. The molecule has 19 heavy (non-hydrogen) atoms. The van der Waals surface area contributed by atoms with E-state index >= 15 is 0 Å². The van der Waals surface area contributed by atoms with E-state index in [1.165, 1.54) is 18.2 Å². The Bertz CT molecular complexity index is 646. The SMILES string of the molecule is O=C(O)c1cc(Cl)nc(Oc2ccc(Cl)cc2Cl)c1. The molecule has 0 amide bonds. The number of ether oxygens (including phenoxy) is 1. The first-order valence-electron chi connectivity index (χ1n) is 4.99. The molecule has 0 bridgehead atoms. The number of hydrogen-bond donors (Lipinski definition) is 1. The molecule has 2 rings (SSSR count). The van der Waals surface area contributed by atoms with Crippen LogP contribution in [0.15, 0.2) is 30.3 Å². The van der Waals surface area contributed by atoms with Crippen molar-refractivity contribution in [3.05, 3.63) is 51.1 Å². The van der Waals surface area contributed by atoms with Crippen molar-refractivity contribution in [3.8, 4) is 11.6 Å². The highest BCUT2D eigenvalue weighted by molar-refractivity contribution is 6.35. The number of nitrogens with zero attached hydrogens (tertiary/aromatic N) is 1. The average molecular weight is 319 g/mol. The van der Waals surface area contributed by atoms with Crippen molar-refractivity contribution in [3.63, 3.8) is 0 Å². The van der Waals surface area contributed by atoms with Gasteiger partial charge in [0.1, 0.15) is 10.9 Å². The summed E-state index contributed by atoms with van der Waals surface area (Å²) in [5.41, 5.74) is -0.0277. The topological polar surface area (TPSA) is 59.4 Å². The molecule has 0 aliphatic heterocycles. The molecule has 0 spiro atoms. The van der Waals surface area contributed by atoms with Crippen LogP contribution < -0.4 is 4.74 Å². The molecular formula is C12H6Cl3NO3. The molecule has 1 aromatic carbocycles. The van der Waals surface area contributed by atoms with E-state index in [-0.39, 0.29) is 21.6 Å². The third kappa shape index (κ3) is 3.50. The highest BCUT2D eigenvalue weighted by atomic mass is 35.5. The van der Waals surface area contributed by atoms with Crippen LogP contribution in [0.2, 0.25) is 15.2 Å². The highest BCUT2D eigenvalue weighted by Crippen LogP contribution is 2.31. The van der Waals surface area contributed by atoms with Crippen LogP contribution >= 0.6 is 34.8 Å². The molecule has 7 heteroatoms. The molecule has 0 radical (unpaired) electrons. The summed E-state index contributed by atoms with van der Waals surface area (Å²) in [6.45, 7) is 0. The van der Waals surface area contributed by atoms with Crippen molar-refractivity contribution in [1.29, 1.82) is 0 Å². The van der Waals surface area contributed by atoms with E-state index in [0.717, 1.165) is 0 Å². The second-order valence-corrected chi connectivity index (χ2v) is 4.73. The summed E-state index contributed by atoms with van der Waals surface area (Å²) in [6.07, 6.45) is 0. The molecule has 1 N–H and O–H groups in total. The molecule has 98 valence electrons. The maximum atomic E-state index is 10.9. The third-order valence-electron chi connectivity index (χ3n) is 2.13. The van der Waals surface area contributed by atoms with Crippen molar-refractivity contribution < 1.29 is 14.6 Å². The number of carbonyl (C=O) groups is 1. The Morgan fingerprint density at radius 2 is 1.89 bits per heavy atom. The molecule has 4 nitrogen and oxygen atoms in total. The number of aromatic nitrogens is 1. The fourth-order valence-electron chi connectivity index (χ4n) is 1.32. The summed E-state index contributed by atoms with van der Waals surface area (Å²) >= 11 is 17.4. The summed E-state index contributed by atoms with van der Waals surface area (Å²) in [6, 6.07) is 7.11. The van der Waals surface area contributed by atoms with Crippen molar-refractivity contribution in [2.45, 2.75) is 0 Å². The lowest BCUT2D eigenvalue weighted by molar-refractivity contribution is 0.0696. The largest absolute Gasteiger partial charge is 0.478 e. The van der Waals surface area contributed by atoms with Gasteiger partial charge in [0, 0.05) is 11.1 Å². The Balaban J connectivity index is 2.35. The molecular weight excluding hydrogens is 312 g/mol. The van der Waals surface area contributed by atoms with Crippen molar-refractivity contribution >= 4 is 40.8 Å². The zero-order chi connectivity index (χ0) is 14.0. The summed E-state index contributed by atoms with van der Waals surface area (Å²) in [4.78, 5) is 14.7. The second-order valence-electron chi connectivity index (χ2n) is 3.50. The van der Waals surface area contributed by atoms with Gasteiger partial charge in [-0.15, -0.1) is 0 Å². The van der Waals surface area contributed by atoms with Crippen LogP contribution in [0.3, 0.4) is 0 Å². The molecule has 1 aromatic heterocycles. The minimum Gasteiger partial charge on any atom is -0.478 e. The minimum atomic E-state index is -1.13. The number of carboxylic acid groups (broad SMARTS) is 1. The molecule has 0 aliphatic carbocycles. The van der Waals surface area contributed by atoms with Crippen LogP contribution in [0.5, 0.6) is 11.6 Å². The van der Waals surface area contributed by atoms with Gasteiger partial charge in [-0.05, 0) is 24.3 Å². The Hall–Kier alpha value is -1.49. The number of carboxylic acids is 1. The van der Waals surface area contributed by atoms with E-state index < -0.39 is 5.97 Å². The van der Waals surface area contributed by atoms with Crippen molar-refractivity contribution in [2.24, 2.45) is 0 Å². The van der Waals surface area contributed by atoms with Crippen LogP contribution in [-0.2, 0) is 0 Å². The number of hydrogen-bond acceptors (Lipinski definition) is 3. The van der Waals surface area contributed by atoms with Crippen LogP contribution in [0.4, 0.5) is 0 Å². The lowest BCUT2D eigenvalue weighted by Gasteiger charge is -2.08. The normalized spacial score (nSPS) is 10.3. The number of aromatic carboxylic acids is 1. The van der Waals surface area contributed by atoms with Crippen LogP contribution in [0.25, 0.3) is 0 Å². The van der Waals surface area contributed by atoms with E-state index in [9.17, 15) is 4.79 Å². The van der Waals surface area contributed by atoms with Crippen LogP contribution in [-0.4, -0.2) is 16.1 Å². The fourth-order valence-corrected chi connectivity index (χ4v) is 1.97. The molecule has 1 heterocycles. The van der Waals surface area contributed by atoms with Gasteiger partial charge in [-0.3, -0.25) is 0 Å². The Morgan fingerprint density at radius 1 is 1.16 bits per heavy atom. The minimum absolute atomic E-state index is 0.0139. The number of pyridine rings is 1. The Kier molecular flexibility index (Phi) is 4.14. The third-order valence-corrected chi connectivity index (χ3v) is 2.85. The second kappa shape index (κ2) is 5.65. The molecule has 2 aromatic rings. The summed E-state index contributed by atoms with van der Waals surface area (Å²) < 4.78 is 5.39. The van der Waals surface area contributed by atoms with E-state index in [1.54, 1.807) is 12.1 Å². The Morgan fingerprint density at radius 3 is 2.53 bits per heavy atom. The van der Waals surface area contributed by atoms with Gasteiger partial charge in [0.25, 0.3) is 0 Å². The van der Waals surface area contributed by atoms with Gasteiger partial charge in [0.2, 0.25) is 5.88 Å². The molecule has 0 saturated heterocycles. The predicted molar refractivity (Wildman–Crippen MR) is 72.7 cm³/mol. The first kappa shape index (κ1) is 13.9. The lowest BCUT2D eigenvalue weighted by Crippen LogP contribution is -1.98. The van der Waals surface area contributed by atoms with E-state index in [1.807, 2.05) is 0 Å². The summed E-state index contributed by atoms with van der Waals surface area (Å²) in [7, 11) is 0. The molecule has 0 atom stereocenters. The predicted octanol–water partition coefficient (Wildman–Crippen LogP) is 4.53. The van der Waals surface area contributed by atoms with Gasteiger partial charge in [-0.2, -0.15) is 0 Å². The first-order valence-corrected chi connectivity index (χ1v) is 6.13. The fraction of sp³-hybridized carbons (Fsp3) is 0. The monoisotopic (exact) mass is 317 g/mol. The van der Waals surface area contributed by atoms with E-state index in [2.05, 4.69) is 4.98 Å². The molecule has 0 fully saturated rings. The van der Waals surface area contributed by atoms with Gasteiger partial charge in [0.05, 0.1) is 10.6 Å². The van der Waals surface area contributed by atoms with E-state index in [0.29, 0.717) is 10.8 Å². The zero-order valence-corrected chi connectivity index (χ0v) is 11.5. The van der Waals surface area contributed by atoms with Gasteiger partial charge < -0.3 is 9.84 Å². The van der Waals surface area contributed by atoms with Crippen molar-refractivity contribution in [2.75, 3.05) is 0 Å². The lowest BCUT2D eigenvalue weighted by atomic mass is 10.3. The maximum Gasteiger partial charge on any atom is 0.335 e. The van der Waals surface area contributed by atoms with Gasteiger partial charge in [-0.25, -0.2) is 9.78 Å². The Labute approximate surface area is 123 Å². The van der Waals surface area contributed by atoms with Gasteiger partial charge >= 0.3 is 5.97 Å². The maximum absolute atomic E-state index is 10.9.